The van der Waals surface area contributed by atoms with Gasteiger partial charge in [-0.15, -0.1) is 0 Å². The fraction of sp³-hybridized carbons (Fsp3) is 0.650. The standard InChI is InChI=1S/C10H16O4.C7H16N2O.C7H15NO2.C6H6.2C5H10O2/c1-3-7-13-9(11)5-6-10(12)14-8-4-2;1-3-5-8-7(10)9-6-4-2;1-3-5-8-7(9)10-6-4-2;1-2-4-6-5-3-1;2*1-3-4-7-5(2)6/h5-6H,3-4,7-8H2,1-2H3;3-6H2,1-2H3,(H2,8,9,10);3-6H2,1-2H3,(H,8,9);1-6H;2*3-4H2,1-2H3. The molecule has 3 N–H and O–H groups in total. The minimum absolute atomic E-state index is 0.0521. The van der Waals surface area contributed by atoms with Gasteiger partial charge >= 0.3 is 36.0 Å². The number of ether oxygens (including phenoxy) is 5. The van der Waals surface area contributed by atoms with Gasteiger partial charge in [0.25, 0.3) is 0 Å². The minimum atomic E-state index is -0.514. The van der Waals surface area contributed by atoms with E-state index in [2.05, 4.69) is 25.4 Å². The average molecular weight is 772 g/mol. The zero-order valence-corrected chi connectivity index (χ0v) is 34.9. The van der Waals surface area contributed by atoms with Gasteiger partial charge in [0.1, 0.15) is 0 Å². The van der Waals surface area contributed by atoms with Gasteiger partial charge in [0.15, 0.2) is 0 Å². The van der Waals surface area contributed by atoms with Crippen LogP contribution >= 0.6 is 0 Å². The van der Waals surface area contributed by atoms with Gasteiger partial charge in [0.05, 0.1) is 33.0 Å². The molecule has 1 aromatic rings. The summed E-state index contributed by atoms with van der Waals surface area (Å²) in [5.74, 6) is -1.41. The third-order valence-electron chi connectivity index (χ3n) is 4.97. The maximum Gasteiger partial charge on any atom is 0.407 e. The van der Waals surface area contributed by atoms with E-state index in [-0.39, 0.29) is 24.1 Å². The molecule has 3 amide bonds. The van der Waals surface area contributed by atoms with Gasteiger partial charge < -0.3 is 39.6 Å². The van der Waals surface area contributed by atoms with Crippen LogP contribution in [0, 0.1) is 0 Å². The quantitative estimate of drug-likeness (QED) is 0.0755. The second kappa shape index (κ2) is 52.7. The first kappa shape index (κ1) is 58.7. The Morgan fingerprint density at radius 2 is 0.685 bits per heavy atom. The van der Waals surface area contributed by atoms with Crippen LogP contribution in [0.15, 0.2) is 48.6 Å². The molecule has 0 spiro atoms. The first-order chi connectivity index (χ1) is 25.9. The van der Waals surface area contributed by atoms with E-state index in [0.29, 0.717) is 39.6 Å². The molecule has 0 unspecified atom stereocenters. The lowest BCUT2D eigenvalue weighted by atomic mass is 10.4. The molecular formula is C40H73N3O11. The average Bonchev–Trinajstić information content (AvgIpc) is 3.18. The number of urea groups is 1. The van der Waals surface area contributed by atoms with Crippen molar-refractivity contribution in [3.8, 4) is 0 Å². The van der Waals surface area contributed by atoms with Gasteiger partial charge in [-0.3, -0.25) is 9.59 Å². The Hall–Kier alpha value is -4.62. The first-order valence-electron chi connectivity index (χ1n) is 19.1. The summed E-state index contributed by atoms with van der Waals surface area (Å²) in [6.07, 6.45) is 8.98. The molecule has 314 valence electrons. The molecular weight excluding hydrogens is 698 g/mol. The number of rotatable bonds is 18. The van der Waals surface area contributed by atoms with Crippen molar-refractivity contribution in [3.05, 3.63) is 48.6 Å². The van der Waals surface area contributed by atoms with Crippen LogP contribution in [0.1, 0.15) is 121 Å². The number of carbonyl (C=O) groups excluding carboxylic acids is 6. The Bertz CT molecular complexity index is 913. The van der Waals surface area contributed by atoms with Gasteiger partial charge in [-0.25, -0.2) is 19.2 Å². The second-order valence-corrected chi connectivity index (χ2v) is 10.7. The van der Waals surface area contributed by atoms with E-state index in [1.807, 2.05) is 91.8 Å². The highest BCUT2D eigenvalue weighted by molar-refractivity contribution is 5.91. The molecule has 1 aromatic carbocycles. The Morgan fingerprint density at radius 3 is 0.944 bits per heavy atom. The molecule has 0 aromatic heterocycles. The number of amides is 3. The van der Waals surface area contributed by atoms with E-state index in [0.717, 1.165) is 76.6 Å². The first-order valence-corrected chi connectivity index (χ1v) is 19.1. The van der Waals surface area contributed by atoms with Crippen molar-refractivity contribution in [2.75, 3.05) is 52.7 Å². The predicted octanol–water partition coefficient (Wildman–Crippen LogP) is 7.69. The van der Waals surface area contributed by atoms with E-state index >= 15 is 0 Å². The molecule has 0 saturated heterocycles. The fourth-order valence-corrected chi connectivity index (χ4v) is 2.53. The summed E-state index contributed by atoms with van der Waals surface area (Å²) in [4.78, 5) is 63.1. The van der Waals surface area contributed by atoms with Crippen molar-refractivity contribution < 1.29 is 52.5 Å². The molecule has 0 fully saturated rings. The summed E-state index contributed by atoms with van der Waals surface area (Å²) >= 11 is 0. The number of hydrogen-bond acceptors (Lipinski definition) is 11. The molecule has 0 aliphatic carbocycles. The van der Waals surface area contributed by atoms with E-state index < -0.39 is 11.9 Å². The van der Waals surface area contributed by atoms with Crippen molar-refractivity contribution in [2.24, 2.45) is 0 Å². The largest absolute Gasteiger partial charge is 0.466 e. The van der Waals surface area contributed by atoms with Crippen molar-refractivity contribution in [3.63, 3.8) is 0 Å². The zero-order valence-electron chi connectivity index (χ0n) is 34.9. The summed E-state index contributed by atoms with van der Waals surface area (Å²) in [5.41, 5.74) is 0. The minimum Gasteiger partial charge on any atom is -0.466 e. The highest BCUT2D eigenvalue weighted by atomic mass is 16.6. The van der Waals surface area contributed by atoms with E-state index in [1.165, 1.54) is 13.8 Å². The maximum atomic E-state index is 10.9. The monoisotopic (exact) mass is 772 g/mol. The van der Waals surface area contributed by atoms with Crippen molar-refractivity contribution in [1.82, 2.24) is 16.0 Å². The molecule has 0 aliphatic heterocycles. The van der Waals surface area contributed by atoms with Gasteiger partial charge in [-0.1, -0.05) is 91.8 Å². The molecule has 1 rings (SSSR count). The summed E-state index contributed by atoms with van der Waals surface area (Å²) < 4.78 is 23.3. The van der Waals surface area contributed by atoms with Crippen LogP contribution in [0.3, 0.4) is 0 Å². The molecule has 14 nitrogen and oxygen atoms in total. The number of hydrogen-bond donors (Lipinski definition) is 3. The molecule has 0 heterocycles. The molecule has 0 bridgehead atoms. The smallest absolute Gasteiger partial charge is 0.407 e. The normalized spacial score (nSPS) is 9.00. The fourth-order valence-electron chi connectivity index (χ4n) is 2.53. The maximum absolute atomic E-state index is 10.9. The SMILES string of the molecule is CCCNC(=O)NCCC.CCCNC(=O)OCCC.CCCOC(=O)C=CC(=O)OCCC.CCCOC(C)=O.CCCOC(C)=O.c1ccccc1. The highest BCUT2D eigenvalue weighted by Crippen LogP contribution is 1.88. The lowest BCUT2D eigenvalue weighted by Gasteiger charge is -2.03. The van der Waals surface area contributed by atoms with Crippen LogP contribution in [0.5, 0.6) is 0 Å². The van der Waals surface area contributed by atoms with Crippen LogP contribution < -0.4 is 16.0 Å². The topological polar surface area (TPSA) is 185 Å². The molecule has 0 radical (unpaired) electrons. The Labute approximate surface area is 325 Å². The van der Waals surface area contributed by atoms with Gasteiger partial charge in [0, 0.05) is 45.6 Å². The van der Waals surface area contributed by atoms with Crippen LogP contribution in [-0.2, 0) is 42.9 Å². The van der Waals surface area contributed by atoms with Crippen molar-refractivity contribution in [2.45, 2.75) is 121 Å². The Kier molecular flexibility index (Phi) is 57.3. The van der Waals surface area contributed by atoms with Crippen LogP contribution in [-0.4, -0.2) is 88.7 Å². The van der Waals surface area contributed by atoms with Gasteiger partial charge in [-0.2, -0.15) is 0 Å². The number of esters is 4. The number of alkyl carbamates (subject to hydrolysis) is 1. The van der Waals surface area contributed by atoms with E-state index in [9.17, 15) is 28.8 Å². The molecule has 0 atom stereocenters. The van der Waals surface area contributed by atoms with Crippen LogP contribution in [0.2, 0.25) is 0 Å². The third kappa shape index (κ3) is 69.2. The molecule has 0 aliphatic rings. The van der Waals surface area contributed by atoms with Crippen molar-refractivity contribution in [1.29, 1.82) is 0 Å². The molecule has 54 heavy (non-hydrogen) atoms. The molecule has 14 heteroatoms. The van der Waals surface area contributed by atoms with E-state index in [4.69, 9.17) is 14.2 Å². The van der Waals surface area contributed by atoms with Crippen LogP contribution in [0.4, 0.5) is 9.59 Å². The van der Waals surface area contributed by atoms with Crippen LogP contribution in [0.25, 0.3) is 0 Å². The summed E-state index contributed by atoms with van der Waals surface area (Å²) in [5, 5.41) is 8.04. The molecule has 0 saturated carbocycles. The number of carbonyl (C=O) groups is 6. The van der Waals surface area contributed by atoms with Crippen molar-refractivity contribution >= 4 is 36.0 Å². The zero-order chi connectivity index (χ0) is 42.1. The summed E-state index contributed by atoms with van der Waals surface area (Å²) in [6, 6.07) is 11.9. The Balaban J connectivity index is -0.000000182. The number of benzene rings is 1. The Morgan fingerprint density at radius 1 is 0.407 bits per heavy atom. The summed E-state index contributed by atoms with van der Waals surface area (Å²) in [6.45, 7) is 23.1. The summed E-state index contributed by atoms with van der Waals surface area (Å²) in [7, 11) is 0. The second-order valence-electron chi connectivity index (χ2n) is 10.7. The van der Waals surface area contributed by atoms with Gasteiger partial charge in [0.2, 0.25) is 0 Å². The number of nitrogens with one attached hydrogen (secondary N) is 3. The lowest BCUT2D eigenvalue weighted by Crippen LogP contribution is -2.36. The predicted molar refractivity (Wildman–Crippen MR) is 214 cm³/mol. The third-order valence-corrected chi connectivity index (χ3v) is 4.97. The highest BCUT2D eigenvalue weighted by Gasteiger charge is 1.99. The van der Waals surface area contributed by atoms with Gasteiger partial charge in [-0.05, 0) is 51.4 Å². The van der Waals surface area contributed by atoms with E-state index in [1.54, 1.807) is 0 Å². The lowest BCUT2D eigenvalue weighted by molar-refractivity contribution is -0.141.